The van der Waals surface area contributed by atoms with Crippen LogP contribution in [-0.2, 0) is 5.88 Å². The van der Waals surface area contributed by atoms with Crippen molar-refractivity contribution in [1.29, 1.82) is 0 Å². The molecule has 0 aliphatic rings. The van der Waals surface area contributed by atoms with Crippen LogP contribution in [0.25, 0.3) is 21.8 Å². The van der Waals surface area contributed by atoms with Gasteiger partial charge in [0.05, 0.1) is 11.6 Å². The summed E-state index contributed by atoms with van der Waals surface area (Å²) in [5, 5.41) is 1.05. The summed E-state index contributed by atoms with van der Waals surface area (Å²) in [6, 6.07) is 14.8. The van der Waals surface area contributed by atoms with Gasteiger partial charge < -0.3 is 0 Å². The topological polar surface area (TPSA) is 12.9 Å². The van der Waals surface area contributed by atoms with Crippen LogP contribution in [0.5, 0.6) is 0 Å². The molecule has 1 heterocycles. The second-order valence-corrected chi connectivity index (χ2v) is 6.91. The van der Waals surface area contributed by atoms with E-state index < -0.39 is 0 Å². The van der Waals surface area contributed by atoms with Crippen molar-refractivity contribution in [3.8, 4) is 21.8 Å². The zero-order chi connectivity index (χ0) is 15.7. The molecular weight excluding hydrogens is 310 g/mol. The molecular formula is C19H18ClNS. The van der Waals surface area contributed by atoms with Gasteiger partial charge in [0, 0.05) is 16.0 Å². The summed E-state index contributed by atoms with van der Waals surface area (Å²) in [6.45, 7) is 6.35. The van der Waals surface area contributed by atoms with Crippen molar-refractivity contribution >= 4 is 22.9 Å². The third-order valence-electron chi connectivity index (χ3n) is 3.84. The van der Waals surface area contributed by atoms with Gasteiger partial charge in [-0.05, 0) is 38.0 Å². The van der Waals surface area contributed by atoms with Crippen LogP contribution in [0.15, 0.2) is 42.5 Å². The molecule has 112 valence electrons. The molecule has 0 spiro atoms. The molecule has 0 N–H and O–H groups in total. The number of aryl methyl sites for hydroxylation is 3. The quantitative estimate of drug-likeness (QED) is 0.526. The molecule has 0 unspecified atom stereocenters. The summed E-state index contributed by atoms with van der Waals surface area (Å²) >= 11 is 7.88. The van der Waals surface area contributed by atoms with Gasteiger partial charge in [0.1, 0.15) is 5.01 Å². The molecule has 0 bridgehead atoms. The van der Waals surface area contributed by atoms with E-state index >= 15 is 0 Å². The summed E-state index contributed by atoms with van der Waals surface area (Å²) < 4.78 is 0. The van der Waals surface area contributed by atoms with Crippen LogP contribution in [0.3, 0.4) is 0 Å². The Morgan fingerprint density at radius 1 is 0.955 bits per heavy atom. The number of alkyl halides is 1. The third kappa shape index (κ3) is 2.81. The average molecular weight is 328 g/mol. The van der Waals surface area contributed by atoms with Crippen LogP contribution < -0.4 is 0 Å². The Bertz CT molecular complexity index is 820. The first-order valence-corrected chi connectivity index (χ1v) is 8.64. The van der Waals surface area contributed by atoms with Crippen LogP contribution in [-0.4, -0.2) is 4.98 Å². The van der Waals surface area contributed by atoms with E-state index in [2.05, 4.69) is 63.2 Å². The van der Waals surface area contributed by atoms with Gasteiger partial charge in [-0.15, -0.1) is 22.9 Å². The van der Waals surface area contributed by atoms with Crippen molar-refractivity contribution in [2.75, 3.05) is 0 Å². The number of hydrogen-bond donors (Lipinski definition) is 0. The summed E-state index contributed by atoms with van der Waals surface area (Å²) in [4.78, 5) is 6.05. The number of halogens is 1. The lowest BCUT2D eigenvalue weighted by Gasteiger charge is -2.06. The highest BCUT2D eigenvalue weighted by atomic mass is 35.5. The largest absolute Gasteiger partial charge is 0.236 e. The lowest BCUT2D eigenvalue weighted by molar-refractivity contribution is 1.30. The van der Waals surface area contributed by atoms with Gasteiger partial charge in [0.25, 0.3) is 0 Å². The first-order valence-electron chi connectivity index (χ1n) is 7.29. The van der Waals surface area contributed by atoms with Crippen LogP contribution >= 0.6 is 22.9 Å². The molecule has 1 aromatic heterocycles. The highest BCUT2D eigenvalue weighted by Crippen LogP contribution is 2.37. The first-order chi connectivity index (χ1) is 10.6. The Labute approximate surface area is 140 Å². The molecule has 3 heteroatoms. The van der Waals surface area contributed by atoms with Gasteiger partial charge in [-0.3, -0.25) is 0 Å². The van der Waals surface area contributed by atoms with Crippen molar-refractivity contribution < 1.29 is 0 Å². The first kappa shape index (κ1) is 15.3. The average Bonchev–Trinajstić information content (AvgIpc) is 2.94. The Morgan fingerprint density at radius 2 is 1.68 bits per heavy atom. The maximum atomic E-state index is 6.19. The fraction of sp³-hybridized carbons (Fsp3) is 0.211. The number of aromatic nitrogens is 1. The molecule has 0 amide bonds. The molecule has 0 aliphatic heterocycles. The van der Waals surface area contributed by atoms with E-state index in [0.29, 0.717) is 5.88 Å². The molecule has 0 aliphatic carbocycles. The predicted molar refractivity (Wildman–Crippen MR) is 96.8 cm³/mol. The van der Waals surface area contributed by atoms with E-state index in [4.69, 9.17) is 16.6 Å². The molecule has 0 fully saturated rings. The molecule has 2 aromatic carbocycles. The minimum Gasteiger partial charge on any atom is -0.236 e. The number of benzene rings is 2. The Balaban J connectivity index is 2.18. The van der Waals surface area contributed by atoms with Gasteiger partial charge in [0.15, 0.2) is 0 Å². The van der Waals surface area contributed by atoms with Gasteiger partial charge >= 0.3 is 0 Å². The fourth-order valence-electron chi connectivity index (χ4n) is 2.57. The maximum absolute atomic E-state index is 6.19. The highest BCUT2D eigenvalue weighted by molar-refractivity contribution is 7.15. The number of rotatable bonds is 3. The zero-order valence-corrected chi connectivity index (χ0v) is 14.6. The predicted octanol–water partition coefficient (Wildman–Crippen LogP) is 6.14. The van der Waals surface area contributed by atoms with Crippen LogP contribution in [0.4, 0.5) is 0 Å². The standard InChI is InChI=1S/C19H18ClNS/c1-12-8-9-14(3)16(10-12)18-17(11-20)22-19(21-18)15-7-5-4-6-13(15)2/h4-10H,11H2,1-3H3. The molecule has 0 saturated carbocycles. The molecule has 3 rings (SSSR count). The van der Waals surface area contributed by atoms with Gasteiger partial charge in [-0.25, -0.2) is 4.98 Å². The number of hydrogen-bond acceptors (Lipinski definition) is 2. The summed E-state index contributed by atoms with van der Waals surface area (Å²) in [7, 11) is 0. The third-order valence-corrected chi connectivity index (χ3v) is 5.36. The second-order valence-electron chi connectivity index (χ2n) is 5.56. The Hall–Kier alpha value is -1.64. The van der Waals surface area contributed by atoms with Crippen LogP contribution in [0.2, 0.25) is 0 Å². The van der Waals surface area contributed by atoms with E-state index in [1.807, 2.05) is 0 Å². The van der Waals surface area contributed by atoms with E-state index in [1.54, 1.807) is 11.3 Å². The smallest absolute Gasteiger partial charge is 0.124 e. The van der Waals surface area contributed by atoms with E-state index in [0.717, 1.165) is 15.6 Å². The monoisotopic (exact) mass is 327 g/mol. The van der Waals surface area contributed by atoms with Gasteiger partial charge in [0.2, 0.25) is 0 Å². The van der Waals surface area contributed by atoms with Gasteiger partial charge in [-0.1, -0.05) is 42.0 Å². The van der Waals surface area contributed by atoms with Crippen molar-refractivity contribution in [3.05, 3.63) is 64.0 Å². The fourth-order valence-corrected chi connectivity index (χ4v) is 3.88. The SMILES string of the molecule is Cc1ccc(C)c(-c2nc(-c3ccccc3C)sc2CCl)c1. The molecule has 0 radical (unpaired) electrons. The molecule has 0 saturated heterocycles. The second kappa shape index (κ2) is 6.23. The minimum absolute atomic E-state index is 0.492. The van der Waals surface area contributed by atoms with E-state index in [1.165, 1.54) is 27.8 Å². The minimum atomic E-state index is 0.492. The van der Waals surface area contributed by atoms with Crippen molar-refractivity contribution in [2.24, 2.45) is 0 Å². The summed E-state index contributed by atoms with van der Waals surface area (Å²) in [5.41, 5.74) is 7.12. The normalized spacial score (nSPS) is 10.9. The Kier molecular flexibility index (Phi) is 4.32. The Morgan fingerprint density at radius 3 is 2.41 bits per heavy atom. The zero-order valence-electron chi connectivity index (χ0n) is 13.0. The summed E-state index contributed by atoms with van der Waals surface area (Å²) in [6.07, 6.45) is 0. The summed E-state index contributed by atoms with van der Waals surface area (Å²) in [5.74, 6) is 0.492. The maximum Gasteiger partial charge on any atom is 0.124 e. The molecule has 22 heavy (non-hydrogen) atoms. The molecule has 0 atom stereocenters. The van der Waals surface area contributed by atoms with E-state index in [9.17, 15) is 0 Å². The van der Waals surface area contributed by atoms with Gasteiger partial charge in [-0.2, -0.15) is 0 Å². The lowest BCUT2D eigenvalue weighted by atomic mass is 10.0. The van der Waals surface area contributed by atoms with Crippen molar-refractivity contribution in [2.45, 2.75) is 26.7 Å². The van der Waals surface area contributed by atoms with Crippen LogP contribution in [0.1, 0.15) is 21.6 Å². The van der Waals surface area contributed by atoms with Crippen LogP contribution in [0, 0.1) is 20.8 Å². The highest BCUT2D eigenvalue weighted by Gasteiger charge is 2.16. The van der Waals surface area contributed by atoms with E-state index in [-0.39, 0.29) is 0 Å². The molecule has 3 aromatic rings. The number of nitrogens with zero attached hydrogens (tertiary/aromatic N) is 1. The van der Waals surface area contributed by atoms with Crippen molar-refractivity contribution in [3.63, 3.8) is 0 Å². The lowest BCUT2D eigenvalue weighted by Crippen LogP contribution is -1.89. The number of thiazole rings is 1. The molecule has 1 nitrogen and oxygen atoms in total. The van der Waals surface area contributed by atoms with Crippen molar-refractivity contribution in [1.82, 2.24) is 4.98 Å².